The van der Waals surface area contributed by atoms with Crippen molar-refractivity contribution in [1.82, 2.24) is 4.67 Å². The number of hydrogen-bond acceptors (Lipinski definition) is 5. The van der Waals surface area contributed by atoms with Crippen molar-refractivity contribution in [3.8, 4) is 6.07 Å². The van der Waals surface area contributed by atoms with Crippen LogP contribution in [-0.4, -0.2) is 55.4 Å². The van der Waals surface area contributed by atoms with Gasteiger partial charge in [-0.05, 0) is 34.1 Å². The highest BCUT2D eigenvalue weighted by atomic mass is 31.2. The topological polar surface area (TPSA) is 54.7 Å². The van der Waals surface area contributed by atoms with Gasteiger partial charge in [-0.15, -0.1) is 0 Å². The molecule has 0 radical (unpaired) electrons. The van der Waals surface area contributed by atoms with Gasteiger partial charge in [-0.3, -0.25) is 4.67 Å². The van der Waals surface area contributed by atoms with Gasteiger partial charge in [-0.2, -0.15) is 5.26 Å². The molecule has 4 atom stereocenters. The maximum absolute atomic E-state index is 8.92. The molecule has 0 aromatic rings. The maximum Gasteiger partial charge on any atom is 0.107 e. The SMILES string of the molecule is [3H][C@H]1CC(OP(CCC#N)N(C(C)C)C(C)C)[C@@H](COC)O1. The van der Waals surface area contributed by atoms with Crippen LogP contribution in [0.25, 0.3) is 0 Å². The van der Waals surface area contributed by atoms with Gasteiger partial charge in [0.2, 0.25) is 0 Å². The Balaban J connectivity index is 2.80. The van der Waals surface area contributed by atoms with Gasteiger partial charge in [0.25, 0.3) is 0 Å². The van der Waals surface area contributed by atoms with Crippen molar-refractivity contribution in [2.75, 3.05) is 26.5 Å². The van der Waals surface area contributed by atoms with E-state index in [1.807, 2.05) is 0 Å². The fraction of sp³-hybridized carbons (Fsp3) is 0.933. The van der Waals surface area contributed by atoms with E-state index in [1.165, 1.54) is 0 Å². The third kappa shape index (κ3) is 5.81. The van der Waals surface area contributed by atoms with Crippen LogP contribution in [0.5, 0.6) is 0 Å². The molecule has 1 heterocycles. The van der Waals surface area contributed by atoms with E-state index in [1.54, 1.807) is 7.11 Å². The summed E-state index contributed by atoms with van der Waals surface area (Å²) >= 11 is 0. The Morgan fingerprint density at radius 3 is 2.62 bits per heavy atom. The molecular formula is C15H29N2O3P. The molecule has 1 aliphatic rings. The second-order valence-electron chi connectivity index (χ2n) is 5.73. The lowest BCUT2D eigenvalue weighted by Crippen LogP contribution is -2.36. The quantitative estimate of drug-likeness (QED) is 0.611. The highest BCUT2D eigenvalue weighted by Gasteiger charge is 2.34. The Morgan fingerprint density at radius 1 is 1.43 bits per heavy atom. The molecule has 0 bridgehead atoms. The average molecular weight is 318 g/mol. The summed E-state index contributed by atoms with van der Waals surface area (Å²) in [4.78, 5) is 0. The number of hydrogen-bond donors (Lipinski definition) is 0. The summed E-state index contributed by atoms with van der Waals surface area (Å²) in [6.07, 6.45) is 1.44. The first-order valence-electron chi connectivity index (χ1n) is 8.14. The second-order valence-corrected chi connectivity index (χ2v) is 7.55. The summed E-state index contributed by atoms with van der Waals surface area (Å²) in [5, 5.41) is 8.92. The Hall–Kier alpha value is -0.240. The molecule has 0 amide bonds. The lowest BCUT2D eigenvalue weighted by atomic mass is 10.2. The minimum absolute atomic E-state index is 0.132. The first kappa shape index (κ1) is 17.1. The lowest BCUT2D eigenvalue weighted by Gasteiger charge is -2.38. The van der Waals surface area contributed by atoms with Crippen LogP contribution in [-0.2, 0) is 14.0 Å². The Bertz CT molecular complexity index is 357. The van der Waals surface area contributed by atoms with Crippen molar-refractivity contribution in [1.29, 1.82) is 5.26 Å². The Morgan fingerprint density at radius 2 is 2.10 bits per heavy atom. The molecule has 0 aliphatic carbocycles. The molecule has 0 aromatic carbocycles. The van der Waals surface area contributed by atoms with Crippen molar-refractivity contribution in [2.45, 2.75) is 64.8 Å². The predicted octanol–water partition coefficient (Wildman–Crippen LogP) is 3.15. The van der Waals surface area contributed by atoms with E-state index >= 15 is 0 Å². The molecule has 5 nitrogen and oxygen atoms in total. The molecule has 1 fully saturated rings. The number of nitriles is 1. The summed E-state index contributed by atoms with van der Waals surface area (Å²) in [5.41, 5.74) is 0. The van der Waals surface area contributed by atoms with Crippen LogP contribution in [0.15, 0.2) is 0 Å². The van der Waals surface area contributed by atoms with Gasteiger partial charge in [-0.1, -0.05) is 0 Å². The Kier molecular flexibility index (Phi) is 7.92. The van der Waals surface area contributed by atoms with Crippen LogP contribution in [0.4, 0.5) is 0 Å². The fourth-order valence-corrected chi connectivity index (χ4v) is 4.87. The fourth-order valence-electron chi connectivity index (χ4n) is 2.57. The van der Waals surface area contributed by atoms with Gasteiger partial charge < -0.3 is 14.0 Å². The zero-order chi connectivity index (χ0) is 16.7. The summed E-state index contributed by atoms with van der Waals surface area (Å²) < 4.78 is 27.2. The smallest absolute Gasteiger partial charge is 0.107 e. The monoisotopic (exact) mass is 318 g/mol. The number of ether oxygens (including phenoxy) is 2. The molecule has 6 heteroatoms. The van der Waals surface area contributed by atoms with Crippen LogP contribution >= 0.6 is 8.30 Å². The van der Waals surface area contributed by atoms with E-state index in [0.717, 1.165) is 6.16 Å². The molecule has 0 aromatic heterocycles. The van der Waals surface area contributed by atoms with Crippen molar-refractivity contribution < 1.29 is 15.4 Å². The predicted molar refractivity (Wildman–Crippen MR) is 85.2 cm³/mol. The second kappa shape index (κ2) is 9.71. The third-order valence-corrected chi connectivity index (χ3v) is 5.89. The highest BCUT2D eigenvalue weighted by molar-refractivity contribution is 7.50. The van der Waals surface area contributed by atoms with Crippen molar-refractivity contribution in [2.24, 2.45) is 0 Å². The maximum atomic E-state index is 8.92. The van der Waals surface area contributed by atoms with Gasteiger partial charge in [0.15, 0.2) is 0 Å². The minimum atomic E-state index is -0.884. The van der Waals surface area contributed by atoms with Crippen LogP contribution < -0.4 is 0 Å². The Labute approximate surface area is 131 Å². The molecule has 0 spiro atoms. The highest BCUT2D eigenvalue weighted by Crippen LogP contribution is 2.47. The molecule has 21 heavy (non-hydrogen) atoms. The van der Waals surface area contributed by atoms with Crippen molar-refractivity contribution in [3.05, 3.63) is 0 Å². The van der Waals surface area contributed by atoms with Gasteiger partial charge in [0.05, 0.1) is 20.2 Å². The minimum Gasteiger partial charge on any atom is -0.382 e. The molecule has 1 saturated heterocycles. The normalized spacial score (nSPS) is 28.1. The zero-order valence-corrected chi connectivity index (χ0v) is 14.7. The summed E-state index contributed by atoms with van der Waals surface area (Å²) in [7, 11) is 0.745. The zero-order valence-electron chi connectivity index (χ0n) is 14.8. The summed E-state index contributed by atoms with van der Waals surface area (Å²) in [5.74, 6) is 0. The number of nitrogens with zero attached hydrogens (tertiary/aromatic N) is 2. The van der Waals surface area contributed by atoms with E-state index in [2.05, 4.69) is 38.4 Å². The van der Waals surface area contributed by atoms with Gasteiger partial charge >= 0.3 is 0 Å². The van der Waals surface area contributed by atoms with Crippen LogP contribution in [0, 0.1) is 11.3 Å². The van der Waals surface area contributed by atoms with Crippen molar-refractivity contribution in [3.63, 3.8) is 0 Å². The number of rotatable bonds is 9. The first-order valence-corrected chi connectivity index (χ1v) is 8.96. The van der Waals surface area contributed by atoms with E-state index in [-0.39, 0.29) is 12.2 Å². The summed E-state index contributed by atoms with van der Waals surface area (Å²) in [6, 6.07) is 2.91. The first-order chi connectivity index (χ1) is 10.4. The number of methoxy groups -OCH3 is 1. The molecule has 0 N–H and O–H groups in total. The largest absolute Gasteiger partial charge is 0.382 e. The van der Waals surface area contributed by atoms with Crippen molar-refractivity contribution >= 4 is 8.30 Å². The lowest BCUT2D eigenvalue weighted by molar-refractivity contribution is -0.00198. The standard InChI is InChI=1S/C15H29N2O3P/c1-12(2)17(13(3)4)21(10-6-8-16)20-14-7-9-19-15(14)11-18-5/h12-15H,6-7,9-11H2,1-5H3/t14?,15-,21?/m1/s1/i9T/t9-,14?,15+,21?/m0. The average Bonchev–Trinajstić information content (AvgIpc) is 2.75. The summed E-state index contributed by atoms with van der Waals surface area (Å²) in [6.45, 7) is 8.48. The van der Waals surface area contributed by atoms with Crippen LogP contribution in [0.3, 0.4) is 0 Å². The van der Waals surface area contributed by atoms with Gasteiger partial charge in [-0.25, -0.2) is 0 Å². The molecule has 0 saturated carbocycles. The van der Waals surface area contributed by atoms with Crippen LogP contribution in [0.1, 0.15) is 41.9 Å². The van der Waals surface area contributed by atoms with E-state index in [9.17, 15) is 0 Å². The molecule has 1 rings (SSSR count). The molecule has 122 valence electrons. The van der Waals surface area contributed by atoms with E-state index in [4.69, 9.17) is 20.6 Å². The third-order valence-electron chi connectivity index (χ3n) is 3.33. The molecular weight excluding hydrogens is 287 g/mol. The molecule has 1 aliphatic heterocycles. The van der Waals surface area contributed by atoms with Gasteiger partial charge in [0, 0.05) is 38.4 Å². The van der Waals surface area contributed by atoms with E-state index < -0.39 is 14.9 Å². The van der Waals surface area contributed by atoms with E-state index in [0.29, 0.717) is 31.5 Å². The molecule has 2 unspecified atom stereocenters. The van der Waals surface area contributed by atoms with Crippen LogP contribution in [0.2, 0.25) is 0 Å². The van der Waals surface area contributed by atoms with Gasteiger partial charge in [0.1, 0.15) is 14.4 Å².